The number of carbonyl (C=O) groups is 1. The van der Waals surface area contributed by atoms with Crippen LogP contribution in [0.15, 0.2) is 46.1 Å². The van der Waals surface area contributed by atoms with E-state index in [1.807, 2.05) is 0 Å². The van der Waals surface area contributed by atoms with E-state index in [9.17, 15) is 9.59 Å². The molecule has 3 rings (SSSR count). The van der Waals surface area contributed by atoms with Gasteiger partial charge in [-0.15, -0.1) is 0 Å². The van der Waals surface area contributed by atoms with Crippen molar-refractivity contribution < 1.29 is 9.21 Å². The number of fused-ring (bicyclic) bond motifs is 1. The first-order chi connectivity index (χ1) is 10.6. The first-order valence-corrected chi connectivity index (χ1v) is 6.85. The minimum Gasteiger partial charge on any atom is -0.422 e. The number of benzene rings is 1. The van der Waals surface area contributed by atoms with Gasteiger partial charge in [0.15, 0.2) is 0 Å². The third-order valence-electron chi connectivity index (χ3n) is 3.03. The SMILES string of the molecule is O=C(NCCn1cncn1)c1cc2cc(Cl)ccc2oc1=O. The van der Waals surface area contributed by atoms with E-state index in [-0.39, 0.29) is 5.56 Å². The Bertz CT molecular complexity index is 873. The molecule has 0 unspecified atom stereocenters. The van der Waals surface area contributed by atoms with E-state index >= 15 is 0 Å². The van der Waals surface area contributed by atoms with Crippen molar-refractivity contribution in [2.24, 2.45) is 0 Å². The van der Waals surface area contributed by atoms with Crippen molar-refractivity contribution in [3.8, 4) is 0 Å². The Hall–Kier alpha value is -2.67. The predicted molar refractivity (Wildman–Crippen MR) is 79.8 cm³/mol. The van der Waals surface area contributed by atoms with Crippen molar-refractivity contribution in [2.45, 2.75) is 6.54 Å². The molecule has 0 saturated heterocycles. The van der Waals surface area contributed by atoms with E-state index in [0.717, 1.165) is 0 Å². The van der Waals surface area contributed by atoms with E-state index in [1.54, 1.807) is 29.2 Å². The van der Waals surface area contributed by atoms with Gasteiger partial charge in [-0.1, -0.05) is 11.6 Å². The first kappa shape index (κ1) is 14.3. The summed E-state index contributed by atoms with van der Waals surface area (Å²) < 4.78 is 6.69. The van der Waals surface area contributed by atoms with Crippen molar-refractivity contribution in [3.05, 3.63) is 57.9 Å². The molecule has 0 radical (unpaired) electrons. The van der Waals surface area contributed by atoms with E-state index in [0.29, 0.717) is 29.1 Å². The molecule has 0 saturated carbocycles. The van der Waals surface area contributed by atoms with Gasteiger partial charge in [-0.3, -0.25) is 9.48 Å². The standard InChI is InChI=1S/C14H11ClN4O3/c15-10-1-2-12-9(5-10)6-11(14(21)22-12)13(20)17-3-4-19-8-16-7-18-19/h1-2,5-8H,3-4H2,(H,17,20). The minimum atomic E-state index is -0.687. The van der Waals surface area contributed by atoms with Gasteiger partial charge in [0.25, 0.3) is 5.91 Å². The lowest BCUT2D eigenvalue weighted by molar-refractivity contribution is 0.0948. The molecular weight excluding hydrogens is 308 g/mol. The summed E-state index contributed by atoms with van der Waals surface area (Å²) in [6.45, 7) is 0.770. The van der Waals surface area contributed by atoms with Gasteiger partial charge in [-0.25, -0.2) is 9.78 Å². The summed E-state index contributed by atoms with van der Waals surface area (Å²) in [7, 11) is 0. The highest BCUT2D eigenvalue weighted by molar-refractivity contribution is 6.31. The third kappa shape index (κ3) is 2.99. The van der Waals surface area contributed by atoms with Crippen molar-refractivity contribution in [3.63, 3.8) is 0 Å². The monoisotopic (exact) mass is 318 g/mol. The van der Waals surface area contributed by atoms with Crippen molar-refractivity contribution in [2.75, 3.05) is 6.54 Å². The number of rotatable bonds is 4. The van der Waals surface area contributed by atoms with Gasteiger partial charge in [0.2, 0.25) is 0 Å². The van der Waals surface area contributed by atoms with Crippen LogP contribution in [0.2, 0.25) is 5.02 Å². The Morgan fingerprint density at radius 2 is 2.23 bits per heavy atom. The van der Waals surface area contributed by atoms with Gasteiger partial charge >= 0.3 is 5.63 Å². The second-order valence-electron chi connectivity index (χ2n) is 4.54. The minimum absolute atomic E-state index is 0.0617. The Kier molecular flexibility index (Phi) is 3.88. The molecule has 0 aliphatic carbocycles. The molecule has 1 N–H and O–H groups in total. The average molecular weight is 319 g/mol. The lowest BCUT2D eigenvalue weighted by Crippen LogP contribution is -2.31. The lowest BCUT2D eigenvalue weighted by Gasteiger charge is -2.05. The predicted octanol–water partition coefficient (Wildman–Crippen LogP) is 1.47. The normalized spacial score (nSPS) is 10.8. The molecule has 2 aromatic heterocycles. The second-order valence-corrected chi connectivity index (χ2v) is 4.98. The topological polar surface area (TPSA) is 90.0 Å². The van der Waals surface area contributed by atoms with Gasteiger partial charge in [0, 0.05) is 17.0 Å². The highest BCUT2D eigenvalue weighted by Crippen LogP contribution is 2.18. The van der Waals surface area contributed by atoms with Gasteiger partial charge < -0.3 is 9.73 Å². The number of halogens is 1. The van der Waals surface area contributed by atoms with Crippen LogP contribution in [0, 0.1) is 0 Å². The van der Waals surface area contributed by atoms with Gasteiger partial charge in [-0.05, 0) is 24.3 Å². The molecule has 1 aromatic carbocycles. The fourth-order valence-corrected chi connectivity index (χ4v) is 2.16. The Labute approximate surface area is 129 Å². The quantitative estimate of drug-likeness (QED) is 0.736. The number of nitrogens with zero attached hydrogens (tertiary/aromatic N) is 3. The molecule has 0 aliphatic rings. The van der Waals surface area contributed by atoms with Crippen LogP contribution in [0.4, 0.5) is 0 Å². The third-order valence-corrected chi connectivity index (χ3v) is 3.27. The van der Waals surface area contributed by atoms with Crippen LogP contribution in [-0.2, 0) is 6.54 Å². The van der Waals surface area contributed by atoms with Crippen molar-refractivity contribution in [1.82, 2.24) is 20.1 Å². The number of aromatic nitrogens is 3. The molecular formula is C14H11ClN4O3. The molecule has 112 valence electrons. The van der Waals surface area contributed by atoms with Gasteiger partial charge in [0.05, 0.1) is 6.54 Å². The molecule has 1 amide bonds. The molecule has 0 aliphatic heterocycles. The first-order valence-electron chi connectivity index (χ1n) is 6.47. The van der Waals surface area contributed by atoms with Crippen LogP contribution >= 0.6 is 11.6 Å². The molecule has 7 nitrogen and oxygen atoms in total. The van der Waals surface area contributed by atoms with Crippen LogP contribution in [0.25, 0.3) is 11.0 Å². The van der Waals surface area contributed by atoms with E-state index in [2.05, 4.69) is 15.4 Å². The summed E-state index contributed by atoms with van der Waals surface area (Å²) >= 11 is 5.90. The summed E-state index contributed by atoms with van der Waals surface area (Å²) in [6, 6.07) is 6.31. The van der Waals surface area contributed by atoms with Gasteiger partial charge in [-0.2, -0.15) is 5.10 Å². The van der Waals surface area contributed by atoms with Crippen molar-refractivity contribution >= 4 is 28.5 Å². The molecule has 22 heavy (non-hydrogen) atoms. The number of hydrogen-bond donors (Lipinski definition) is 1. The summed E-state index contributed by atoms with van der Waals surface area (Å²) in [6.07, 6.45) is 2.95. The molecule has 0 bridgehead atoms. The van der Waals surface area contributed by atoms with Crippen LogP contribution in [0.3, 0.4) is 0 Å². The molecule has 3 aromatic rings. The maximum Gasteiger partial charge on any atom is 0.349 e. The fourth-order valence-electron chi connectivity index (χ4n) is 1.98. The zero-order valence-electron chi connectivity index (χ0n) is 11.3. The number of amides is 1. The average Bonchev–Trinajstić information content (AvgIpc) is 3.00. The van der Waals surface area contributed by atoms with E-state index < -0.39 is 11.5 Å². The van der Waals surface area contributed by atoms with Crippen molar-refractivity contribution in [1.29, 1.82) is 0 Å². The molecule has 0 atom stereocenters. The zero-order valence-corrected chi connectivity index (χ0v) is 12.1. The highest BCUT2D eigenvalue weighted by atomic mass is 35.5. The van der Waals surface area contributed by atoms with Crippen LogP contribution in [-0.4, -0.2) is 27.2 Å². The number of hydrogen-bond acceptors (Lipinski definition) is 5. The largest absolute Gasteiger partial charge is 0.422 e. The lowest BCUT2D eigenvalue weighted by atomic mass is 10.2. The fraction of sp³-hybridized carbons (Fsp3) is 0.143. The Balaban J connectivity index is 1.78. The smallest absolute Gasteiger partial charge is 0.349 e. The molecule has 0 fully saturated rings. The highest BCUT2D eigenvalue weighted by Gasteiger charge is 2.13. The van der Waals surface area contributed by atoms with Gasteiger partial charge in [0.1, 0.15) is 23.8 Å². The molecule has 0 spiro atoms. The summed E-state index contributed by atoms with van der Waals surface area (Å²) in [5.74, 6) is -0.504. The van der Waals surface area contributed by atoms with E-state index in [1.165, 1.54) is 12.4 Å². The number of carbonyl (C=O) groups excluding carboxylic acids is 1. The maximum atomic E-state index is 12.1. The zero-order chi connectivity index (χ0) is 15.5. The van der Waals surface area contributed by atoms with Crippen LogP contribution < -0.4 is 10.9 Å². The maximum absolute atomic E-state index is 12.1. The molecule has 2 heterocycles. The Morgan fingerprint density at radius 1 is 1.36 bits per heavy atom. The van der Waals surface area contributed by atoms with Crippen LogP contribution in [0.1, 0.15) is 10.4 Å². The summed E-state index contributed by atoms with van der Waals surface area (Å²) in [5.41, 5.74) is -0.366. The Morgan fingerprint density at radius 3 is 3.00 bits per heavy atom. The molecule has 8 heteroatoms. The number of nitrogens with one attached hydrogen (secondary N) is 1. The summed E-state index contributed by atoms with van der Waals surface area (Å²) in [5, 5.41) is 7.64. The summed E-state index contributed by atoms with van der Waals surface area (Å²) in [4.78, 5) is 27.7. The van der Waals surface area contributed by atoms with Crippen LogP contribution in [0.5, 0.6) is 0 Å². The van der Waals surface area contributed by atoms with E-state index in [4.69, 9.17) is 16.0 Å². The second kappa shape index (κ2) is 5.98.